The first-order chi connectivity index (χ1) is 14.4. The Balaban J connectivity index is 1.79. The molecular weight excluding hydrogens is 542 g/mol. The number of thiophene rings is 1. The van der Waals surface area contributed by atoms with Gasteiger partial charge in [0.25, 0.3) is 0 Å². The van der Waals surface area contributed by atoms with Gasteiger partial charge in [-0.3, -0.25) is 0 Å². The summed E-state index contributed by atoms with van der Waals surface area (Å²) in [5.41, 5.74) is 0.382. The van der Waals surface area contributed by atoms with Gasteiger partial charge in [0.2, 0.25) is 0 Å². The van der Waals surface area contributed by atoms with E-state index in [1.807, 2.05) is 28.7 Å². The van der Waals surface area contributed by atoms with Crippen molar-refractivity contribution >= 4 is 55.8 Å². The van der Waals surface area contributed by atoms with Gasteiger partial charge in [0.1, 0.15) is 5.60 Å². The maximum absolute atomic E-state index is 13.0. The van der Waals surface area contributed by atoms with Gasteiger partial charge in [0.15, 0.2) is 0 Å². The third-order valence-electron chi connectivity index (χ3n) is 4.92. The molecule has 2 heterocycles. The third-order valence-corrected chi connectivity index (χ3v) is 7.30. The highest BCUT2D eigenvalue weighted by Gasteiger charge is 2.35. The zero-order chi connectivity index (χ0) is 23.0. The lowest BCUT2D eigenvalue weighted by atomic mass is 9.93. The number of benzene rings is 1. The van der Waals surface area contributed by atoms with Crippen molar-refractivity contribution in [3.8, 4) is 6.07 Å². The summed E-state index contributed by atoms with van der Waals surface area (Å²) in [5, 5.41) is 13.6. The van der Waals surface area contributed by atoms with Crippen molar-refractivity contribution in [1.82, 2.24) is 4.90 Å². The largest absolute Gasteiger partial charge is 0.444 e. The predicted molar refractivity (Wildman–Crippen MR) is 123 cm³/mol. The first-order valence-electron chi connectivity index (χ1n) is 9.78. The number of likely N-dealkylation sites (tertiary alicyclic amines) is 1. The van der Waals surface area contributed by atoms with Crippen LogP contribution in [0.2, 0.25) is 0 Å². The quantitative estimate of drug-likeness (QED) is 0.452. The molecule has 2 aromatic rings. The molecule has 1 aliphatic rings. The molecule has 1 amide bonds. The van der Waals surface area contributed by atoms with E-state index in [4.69, 9.17) is 4.74 Å². The highest BCUT2D eigenvalue weighted by molar-refractivity contribution is 14.1. The number of carbonyl (C=O) groups excluding carboxylic acids is 1. The number of hydrogen-bond acceptors (Lipinski definition) is 5. The molecule has 0 radical (unpaired) electrons. The molecule has 2 atom stereocenters. The van der Waals surface area contributed by atoms with Crippen LogP contribution in [-0.2, 0) is 11.2 Å². The fourth-order valence-corrected chi connectivity index (χ4v) is 5.73. The van der Waals surface area contributed by atoms with E-state index in [2.05, 4.69) is 11.4 Å². The Labute approximate surface area is 196 Å². The molecule has 0 saturated carbocycles. The first kappa shape index (κ1) is 23.9. The number of piperidine rings is 1. The molecule has 1 saturated heterocycles. The number of alkyl halides is 3. The number of ether oxygens (including phenoxy) is 1. The molecule has 1 aliphatic heterocycles. The number of nitrogens with zero attached hydrogens (tertiary/aromatic N) is 2. The normalized spacial score (nSPS) is 19.9. The number of carbonyl (C=O) groups is 1. The fraction of sp³-hybridized carbons (Fsp3) is 0.524. The Morgan fingerprint density at radius 2 is 2.10 bits per heavy atom. The summed E-state index contributed by atoms with van der Waals surface area (Å²) in [6.07, 6.45) is -5.16. The average Bonchev–Trinajstić information content (AvgIpc) is 2.96. The molecule has 0 bridgehead atoms. The van der Waals surface area contributed by atoms with E-state index in [9.17, 15) is 23.2 Å². The molecule has 10 heteroatoms. The van der Waals surface area contributed by atoms with Crippen molar-refractivity contribution in [2.24, 2.45) is 5.92 Å². The number of halogens is 4. The van der Waals surface area contributed by atoms with E-state index in [0.29, 0.717) is 26.9 Å². The van der Waals surface area contributed by atoms with Crippen LogP contribution in [0.4, 0.5) is 23.7 Å². The van der Waals surface area contributed by atoms with Crippen LogP contribution in [0.25, 0.3) is 10.1 Å². The Hall–Kier alpha value is -1.74. The minimum Gasteiger partial charge on any atom is -0.444 e. The molecule has 1 N–H and O–H groups in total. The van der Waals surface area contributed by atoms with Gasteiger partial charge < -0.3 is 15.0 Å². The highest BCUT2D eigenvalue weighted by Crippen LogP contribution is 2.40. The Morgan fingerprint density at radius 3 is 2.71 bits per heavy atom. The van der Waals surface area contributed by atoms with Gasteiger partial charge in [0, 0.05) is 19.1 Å². The van der Waals surface area contributed by atoms with Crippen LogP contribution in [-0.4, -0.2) is 41.9 Å². The lowest BCUT2D eigenvalue weighted by Gasteiger charge is -2.37. The van der Waals surface area contributed by atoms with Crippen LogP contribution in [0.3, 0.4) is 0 Å². The molecule has 1 aromatic carbocycles. The summed E-state index contributed by atoms with van der Waals surface area (Å²) in [6.45, 7) is 6.04. The van der Waals surface area contributed by atoms with Crippen molar-refractivity contribution in [1.29, 1.82) is 5.26 Å². The Kier molecular flexibility index (Phi) is 6.96. The lowest BCUT2D eigenvalue weighted by molar-refractivity contribution is -0.127. The smallest absolute Gasteiger partial charge is 0.410 e. The standard InChI is InChI=1S/C21H23F3IN3O2S/c1-20(2,3)30-19(29)28-8-7-15(12(10-26)11-28)27-16-6-4-5-13-14(9-21(22,23)24)18(25)31-17(13)16/h4-6,12,15,27H,7-9,11H2,1-3H3. The zero-order valence-corrected chi connectivity index (χ0v) is 20.3. The first-order valence-corrected chi connectivity index (χ1v) is 11.7. The van der Waals surface area contributed by atoms with Gasteiger partial charge in [-0.15, -0.1) is 11.3 Å². The van der Waals surface area contributed by atoms with Crippen LogP contribution in [0.1, 0.15) is 32.8 Å². The van der Waals surface area contributed by atoms with Gasteiger partial charge in [-0.1, -0.05) is 12.1 Å². The molecule has 168 valence electrons. The van der Waals surface area contributed by atoms with Crippen molar-refractivity contribution < 1.29 is 22.7 Å². The molecule has 1 fully saturated rings. The molecule has 31 heavy (non-hydrogen) atoms. The van der Waals surface area contributed by atoms with E-state index >= 15 is 0 Å². The Morgan fingerprint density at radius 1 is 1.39 bits per heavy atom. The van der Waals surface area contributed by atoms with Crippen molar-refractivity contribution in [2.45, 2.75) is 51.4 Å². The summed E-state index contributed by atoms with van der Waals surface area (Å²) < 4.78 is 45.8. The minimum absolute atomic E-state index is 0.222. The van der Waals surface area contributed by atoms with Crippen molar-refractivity contribution in [3.63, 3.8) is 0 Å². The predicted octanol–water partition coefficient (Wildman–Crippen LogP) is 6.17. The zero-order valence-electron chi connectivity index (χ0n) is 17.3. The van der Waals surface area contributed by atoms with Gasteiger partial charge in [-0.25, -0.2) is 4.79 Å². The van der Waals surface area contributed by atoms with E-state index in [0.717, 1.165) is 4.70 Å². The molecule has 1 aromatic heterocycles. The third kappa shape index (κ3) is 5.94. The number of amides is 1. The number of anilines is 1. The average molecular weight is 565 g/mol. The molecule has 2 unspecified atom stereocenters. The van der Waals surface area contributed by atoms with E-state index < -0.39 is 30.2 Å². The maximum atomic E-state index is 13.0. The number of nitrogens with one attached hydrogen (secondary N) is 1. The van der Waals surface area contributed by atoms with Gasteiger partial charge in [-0.05, 0) is 66.8 Å². The summed E-state index contributed by atoms with van der Waals surface area (Å²) in [7, 11) is 0. The molecule has 0 aliphatic carbocycles. The Bertz CT molecular complexity index is 1010. The van der Waals surface area contributed by atoms with Gasteiger partial charge in [-0.2, -0.15) is 18.4 Å². The van der Waals surface area contributed by atoms with Crippen molar-refractivity contribution in [2.75, 3.05) is 18.4 Å². The van der Waals surface area contributed by atoms with Crippen LogP contribution in [0.5, 0.6) is 0 Å². The molecule has 0 spiro atoms. The van der Waals surface area contributed by atoms with Gasteiger partial charge >= 0.3 is 12.3 Å². The highest BCUT2D eigenvalue weighted by atomic mass is 127. The summed E-state index contributed by atoms with van der Waals surface area (Å²) in [4.78, 5) is 13.9. The van der Waals surface area contributed by atoms with Gasteiger partial charge in [0.05, 0.1) is 31.7 Å². The van der Waals surface area contributed by atoms with E-state index in [-0.39, 0.29) is 18.2 Å². The van der Waals surface area contributed by atoms with E-state index in [1.165, 1.54) is 16.2 Å². The second-order valence-corrected chi connectivity index (χ2v) is 11.4. The number of rotatable bonds is 3. The SMILES string of the molecule is CC(C)(C)OC(=O)N1CCC(Nc2cccc3c(CC(F)(F)F)c(I)sc23)C(C#N)C1. The van der Waals surface area contributed by atoms with Crippen molar-refractivity contribution in [3.05, 3.63) is 26.6 Å². The fourth-order valence-electron chi connectivity index (χ4n) is 3.57. The second-order valence-electron chi connectivity index (χ2n) is 8.53. The second kappa shape index (κ2) is 9.02. The maximum Gasteiger partial charge on any atom is 0.410 e. The monoisotopic (exact) mass is 565 g/mol. The number of fused-ring (bicyclic) bond motifs is 1. The van der Waals surface area contributed by atoms with Crippen LogP contribution in [0.15, 0.2) is 18.2 Å². The number of nitriles is 1. The van der Waals surface area contributed by atoms with Crippen LogP contribution in [0, 0.1) is 20.1 Å². The minimum atomic E-state index is -4.28. The van der Waals surface area contributed by atoms with Crippen LogP contribution >= 0.6 is 33.9 Å². The molecular formula is C21H23F3IN3O2S. The molecule has 3 rings (SSSR count). The topological polar surface area (TPSA) is 65.4 Å². The molecule has 5 nitrogen and oxygen atoms in total. The van der Waals surface area contributed by atoms with E-state index in [1.54, 1.807) is 32.9 Å². The summed E-state index contributed by atoms with van der Waals surface area (Å²) in [6, 6.07) is 7.29. The lowest BCUT2D eigenvalue weighted by Crippen LogP contribution is -2.49. The van der Waals surface area contributed by atoms with Crippen LogP contribution < -0.4 is 5.32 Å². The summed E-state index contributed by atoms with van der Waals surface area (Å²) >= 11 is 3.27. The summed E-state index contributed by atoms with van der Waals surface area (Å²) in [5.74, 6) is -0.467. The number of hydrogen-bond donors (Lipinski definition) is 1.